The number of halogens is 3. The molecule has 3 atom stereocenters. The lowest BCUT2D eigenvalue weighted by molar-refractivity contribution is 0.401. The Morgan fingerprint density at radius 3 is 2.62 bits per heavy atom. The predicted molar refractivity (Wildman–Crippen MR) is 142 cm³/mol. The zero-order valence-corrected chi connectivity index (χ0v) is 21.8. The van der Waals surface area contributed by atoms with E-state index in [1.807, 2.05) is 4.72 Å². The van der Waals surface area contributed by atoms with Crippen molar-refractivity contribution in [2.75, 3.05) is 18.4 Å². The van der Waals surface area contributed by atoms with E-state index in [4.69, 9.17) is 4.74 Å². The van der Waals surface area contributed by atoms with Gasteiger partial charge < -0.3 is 19.9 Å². The average molecular weight is 570 g/mol. The van der Waals surface area contributed by atoms with Crippen LogP contribution in [0.15, 0.2) is 67.0 Å². The van der Waals surface area contributed by atoms with Crippen molar-refractivity contribution in [1.82, 2.24) is 25.0 Å². The predicted octanol–water partition coefficient (Wildman–Crippen LogP) is 4.39. The fourth-order valence-corrected chi connectivity index (χ4v) is 4.90. The second-order valence-corrected chi connectivity index (χ2v) is 9.70. The largest absolute Gasteiger partial charge is 0.760 e. The fourth-order valence-electron chi connectivity index (χ4n) is 4.46. The van der Waals surface area contributed by atoms with E-state index in [2.05, 4.69) is 25.6 Å². The molecule has 3 heterocycles. The highest BCUT2D eigenvalue weighted by atomic mass is 32.2. The lowest BCUT2D eigenvalue weighted by atomic mass is 9.98. The van der Waals surface area contributed by atoms with Gasteiger partial charge in [0.2, 0.25) is 17.6 Å². The number of rotatable bonds is 9. The molecule has 0 bridgehead atoms. The lowest BCUT2D eigenvalue weighted by Crippen LogP contribution is -2.38. The monoisotopic (exact) mass is 569 g/mol. The van der Waals surface area contributed by atoms with E-state index in [1.165, 1.54) is 24.4 Å². The maximum atomic E-state index is 15.3. The molecule has 208 valence electrons. The Hall–Kier alpha value is -3.91. The SMILES string of the molecule is O=S([O-])N[C@@H](c1ccccc1F)c1ccc(Oc2ncccc2-c2ccnc(N[C@H]3CCCNC3)n2)c(F)c1F. The number of aromatic nitrogens is 3. The molecule has 13 heteroatoms. The number of pyridine rings is 1. The molecule has 0 radical (unpaired) electrons. The third kappa shape index (κ3) is 6.28. The molecule has 1 saturated heterocycles. The van der Waals surface area contributed by atoms with Gasteiger partial charge in [-0.15, -0.1) is 0 Å². The van der Waals surface area contributed by atoms with Crippen LogP contribution in [0.1, 0.15) is 30.0 Å². The Bertz CT molecular complexity index is 1520. The van der Waals surface area contributed by atoms with Crippen LogP contribution < -0.4 is 20.1 Å². The second-order valence-electron chi connectivity index (χ2n) is 9.00. The molecule has 1 fully saturated rings. The Morgan fingerprint density at radius 1 is 1.00 bits per heavy atom. The zero-order chi connectivity index (χ0) is 28.1. The summed E-state index contributed by atoms with van der Waals surface area (Å²) < 4.78 is 75.5. The number of nitrogens with one attached hydrogen (secondary N) is 3. The molecule has 0 saturated carbocycles. The third-order valence-electron chi connectivity index (χ3n) is 6.36. The van der Waals surface area contributed by atoms with E-state index in [9.17, 15) is 13.2 Å². The number of ether oxygens (including phenoxy) is 1. The van der Waals surface area contributed by atoms with E-state index in [0.717, 1.165) is 44.1 Å². The smallest absolute Gasteiger partial charge is 0.228 e. The van der Waals surface area contributed by atoms with Crippen LogP contribution in [0.2, 0.25) is 0 Å². The van der Waals surface area contributed by atoms with Crippen molar-refractivity contribution in [1.29, 1.82) is 0 Å². The first-order chi connectivity index (χ1) is 19.4. The number of hydrogen-bond donors (Lipinski definition) is 3. The summed E-state index contributed by atoms with van der Waals surface area (Å²) in [5.41, 5.74) is 0.252. The highest BCUT2D eigenvalue weighted by molar-refractivity contribution is 7.77. The summed E-state index contributed by atoms with van der Waals surface area (Å²) in [5.74, 6) is -3.73. The third-order valence-corrected chi connectivity index (χ3v) is 6.79. The maximum absolute atomic E-state index is 15.3. The molecule has 4 aromatic rings. The Balaban J connectivity index is 1.44. The summed E-state index contributed by atoms with van der Waals surface area (Å²) in [6, 6.07) is 11.1. The summed E-state index contributed by atoms with van der Waals surface area (Å²) in [4.78, 5) is 13.0. The van der Waals surface area contributed by atoms with Gasteiger partial charge in [0, 0.05) is 47.4 Å². The van der Waals surface area contributed by atoms with Gasteiger partial charge in [0.25, 0.3) is 0 Å². The van der Waals surface area contributed by atoms with Crippen molar-refractivity contribution in [3.8, 4) is 22.9 Å². The fraction of sp³-hybridized carbons (Fsp3) is 0.222. The first-order valence-electron chi connectivity index (χ1n) is 12.4. The molecule has 3 N–H and O–H groups in total. The van der Waals surface area contributed by atoms with Crippen LogP contribution in [0.5, 0.6) is 11.6 Å². The van der Waals surface area contributed by atoms with E-state index in [-0.39, 0.29) is 17.5 Å². The van der Waals surface area contributed by atoms with Gasteiger partial charge in [-0.1, -0.05) is 24.3 Å². The Labute approximate surface area is 230 Å². The first-order valence-corrected chi connectivity index (χ1v) is 13.5. The van der Waals surface area contributed by atoms with Crippen LogP contribution in [-0.4, -0.2) is 42.8 Å². The van der Waals surface area contributed by atoms with Crippen molar-refractivity contribution in [2.45, 2.75) is 24.9 Å². The number of hydrogen-bond acceptors (Lipinski definition) is 8. The Kier molecular flexibility index (Phi) is 8.65. The van der Waals surface area contributed by atoms with Crippen molar-refractivity contribution < 1.29 is 26.7 Å². The highest BCUT2D eigenvalue weighted by Crippen LogP contribution is 2.35. The lowest BCUT2D eigenvalue weighted by Gasteiger charge is -2.23. The summed E-state index contributed by atoms with van der Waals surface area (Å²) in [6.45, 7) is 1.75. The standard InChI is InChI=1S/C27H25F3N6O3S/c28-20-8-2-1-6-17(20)25(36-40(37)38)19-9-10-22(24(30)23(19)29)39-26-18(7-4-13-32-26)21-11-14-33-27(35-21)34-16-5-3-12-31-15-16/h1-2,4,6-11,13-14,16,25,31,36H,3,5,12,15H2,(H,37,38)(H,33,34,35)/p-1/t16-,25-/m0/s1. The molecule has 9 nitrogen and oxygen atoms in total. The van der Waals surface area contributed by atoms with Gasteiger partial charge in [0.05, 0.1) is 17.3 Å². The van der Waals surface area contributed by atoms with Crippen LogP contribution in [-0.2, 0) is 11.3 Å². The van der Waals surface area contributed by atoms with Gasteiger partial charge in [0.1, 0.15) is 5.82 Å². The van der Waals surface area contributed by atoms with E-state index < -0.39 is 46.1 Å². The number of nitrogens with zero attached hydrogens (tertiary/aromatic N) is 3. The van der Waals surface area contributed by atoms with Crippen LogP contribution >= 0.6 is 0 Å². The van der Waals surface area contributed by atoms with Crippen LogP contribution in [0.4, 0.5) is 19.1 Å². The van der Waals surface area contributed by atoms with Gasteiger partial charge in [-0.3, -0.25) is 4.21 Å². The molecule has 2 aromatic carbocycles. The summed E-state index contributed by atoms with van der Waals surface area (Å²) in [7, 11) is 0. The normalized spacial score (nSPS) is 16.8. The zero-order valence-electron chi connectivity index (χ0n) is 20.9. The minimum absolute atomic E-state index is 0.0398. The van der Waals surface area contributed by atoms with E-state index in [0.29, 0.717) is 17.2 Å². The van der Waals surface area contributed by atoms with Gasteiger partial charge in [-0.2, -0.15) is 4.39 Å². The molecule has 40 heavy (non-hydrogen) atoms. The van der Waals surface area contributed by atoms with Crippen molar-refractivity contribution >= 4 is 17.2 Å². The highest BCUT2D eigenvalue weighted by Gasteiger charge is 2.26. The minimum atomic E-state index is -2.90. The minimum Gasteiger partial charge on any atom is -0.760 e. The van der Waals surface area contributed by atoms with Gasteiger partial charge in [-0.05, 0) is 49.7 Å². The maximum Gasteiger partial charge on any atom is 0.228 e. The summed E-state index contributed by atoms with van der Waals surface area (Å²) >= 11 is -2.90. The molecule has 1 aliphatic rings. The van der Waals surface area contributed by atoms with Crippen molar-refractivity contribution in [3.05, 3.63) is 95.6 Å². The summed E-state index contributed by atoms with van der Waals surface area (Å²) in [6.07, 6.45) is 5.01. The van der Waals surface area contributed by atoms with Crippen molar-refractivity contribution in [2.24, 2.45) is 0 Å². The van der Waals surface area contributed by atoms with Gasteiger partial charge in [0.15, 0.2) is 11.6 Å². The van der Waals surface area contributed by atoms with E-state index >= 15 is 8.78 Å². The molecule has 2 aromatic heterocycles. The molecule has 1 unspecified atom stereocenters. The van der Waals surface area contributed by atoms with Crippen LogP contribution in [0, 0.1) is 17.5 Å². The second kappa shape index (κ2) is 12.5. The van der Waals surface area contributed by atoms with E-state index in [1.54, 1.807) is 24.4 Å². The average Bonchev–Trinajstić information content (AvgIpc) is 2.96. The quantitative estimate of drug-likeness (QED) is 0.254. The van der Waals surface area contributed by atoms with Crippen LogP contribution in [0.3, 0.4) is 0 Å². The number of anilines is 1. The molecular weight excluding hydrogens is 545 g/mol. The number of benzene rings is 2. The molecule has 5 rings (SSSR count). The molecule has 0 amide bonds. The summed E-state index contributed by atoms with van der Waals surface area (Å²) in [5, 5.41) is 6.60. The molecule has 1 aliphatic heterocycles. The van der Waals surface area contributed by atoms with Gasteiger partial charge >= 0.3 is 0 Å². The topological polar surface area (TPSA) is 124 Å². The van der Waals surface area contributed by atoms with Gasteiger partial charge in [-0.25, -0.2) is 28.5 Å². The number of piperidine rings is 1. The Morgan fingerprint density at radius 2 is 1.85 bits per heavy atom. The molecular formula is C27H24F3N6O3S-. The first kappa shape index (κ1) is 27.6. The van der Waals surface area contributed by atoms with Crippen molar-refractivity contribution in [3.63, 3.8) is 0 Å². The molecule has 0 spiro atoms. The molecule has 0 aliphatic carbocycles. The van der Waals surface area contributed by atoms with Crippen LogP contribution in [0.25, 0.3) is 11.3 Å².